The van der Waals surface area contributed by atoms with E-state index in [1.54, 1.807) is 23.3 Å². The van der Waals surface area contributed by atoms with Crippen LogP contribution >= 0.6 is 15.9 Å². The first kappa shape index (κ1) is 9.33. The minimum absolute atomic E-state index is 0.739. The van der Waals surface area contributed by atoms with Gasteiger partial charge in [0.1, 0.15) is 0 Å². The number of aryl methyl sites for hydroxylation is 1. The monoisotopic (exact) mass is 252 g/mol. The third kappa shape index (κ3) is 1.68. The van der Waals surface area contributed by atoms with Crippen molar-refractivity contribution in [1.29, 1.82) is 0 Å². The Morgan fingerprint density at radius 2 is 2.29 bits per heavy atom. The van der Waals surface area contributed by atoms with Crippen molar-refractivity contribution in [3.05, 3.63) is 36.0 Å². The van der Waals surface area contributed by atoms with Crippen LogP contribution < -0.4 is 0 Å². The summed E-state index contributed by atoms with van der Waals surface area (Å²) in [6.07, 6.45) is 6.93. The van der Waals surface area contributed by atoms with Crippen molar-refractivity contribution in [3.63, 3.8) is 0 Å². The molecule has 2 rings (SSSR count). The Bertz CT molecular complexity index is 424. The smallest absolute Gasteiger partial charge is 0.171 e. The van der Waals surface area contributed by atoms with Gasteiger partial charge in [0.25, 0.3) is 0 Å². The molecule has 2 aromatic heterocycles. The fraction of sp³-hybridized carbons (Fsp3) is 0.222. The summed E-state index contributed by atoms with van der Waals surface area (Å²) in [5.41, 5.74) is 2.17. The van der Waals surface area contributed by atoms with E-state index in [0.717, 1.165) is 22.4 Å². The van der Waals surface area contributed by atoms with E-state index in [4.69, 9.17) is 0 Å². The van der Waals surface area contributed by atoms with Crippen LogP contribution in [0.3, 0.4) is 0 Å². The van der Waals surface area contributed by atoms with Gasteiger partial charge in [-0.15, -0.1) is 0 Å². The van der Waals surface area contributed by atoms with Crippen LogP contribution in [0.2, 0.25) is 0 Å². The zero-order valence-corrected chi connectivity index (χ0v) is 9.27. The number of hydrogen-bond donors (Lipinski definition) is 0. The summed E-state index contributed by atoms with van der Waals surface area (Å²) in [5, 5.41) is 5.14. The van der Waals surface area contributed by atoms with Gasteiger partial charge in [0.15, 0.2) is 5.82 Å². The molecule has 0 saturated heterocycles. The summed E-state index contributed by atoms with van der Waals surface area (Å²) in [5.74, 6) is 0.739. The van der Waals surface area contributed by atoms with Crippen LogP contribution in [0, 0.1) is 6.92 Å². The van der Waals surface area contributed by atoms with Gasteiger partial charge in [-0.25, -0.2) is 9.67 Å². The van der Waals surface area contributed by atoms with E-state index in [2.05, 4.69) is 31.0 Å². The molecule has 0 aliphatic carbocycles. The Morgan fingerprint density at radius 1 is 1.43 bits per heavy atom. The maximum absolute atomic E-state index is 4.34. The molecular weight excluding hydrogens is 244 g/mol. The van der Waals surface area contributed by atoms with Gasteiger partial charge in [-0.3, -0.25) is 4.98 Å². The fourth-order valence-electron chi connectivity index (χ4n) is 1.15. The molecule has 14 heavy (non-hydrogen) atoms. The molecule has 0 fully saturated rings. The molecule has 0 aliphatic rings. The Balaban J connectivity index is 2.43. The molecule has 72 valence electrons. The van der Waals surface area contributed by atoms with Crippen molar-refractivity contribution in [3.8, 4) is 5.82 Å². The standard InChI is InChI=1S/C9H9BrN4/c1-7-8(4-10)6-14(13-7)9-5-11-2-3-12-9/h2-3,5-6H,4H2,1H3. The number of alkyl halides is 1. The molecule has 4 nitrogen and oxygen atoms in total. The van der Waals surface area contributed by atoms with Crippen LogP contribution in [0.1, 0.15) is 11.3 Å². The van der Waals surface area contributed by atoms with Gasteiger partial charge < -0.3 is 0 Å². The van der Waals surface area contributed by atoms with Crippen LogP contribution in [0.25, 0.3) is 5.82 Å². The number of rotatable bonds is 2. The summed E-state index contributed by atoms with van der Waals surface area (Å²) >= 11 is 3.40. The largest absolute Gasteiger partial charge is 0.259 e. The lowest BCUT2D eigenvalue weighted by atomic mass is 10.3. The lowest BCUT2D eigenvalue weighted by molar-refractivity contribution is 0.824. The predicted molar refractivity (Wildman–Crippen MR) is 56.5 cm³/mol. The van der Waals surface area contributed by atoms with Crippen molar-refractivity contribution in [2.45, 2.75) is 12.3 Å². The Labute approximate surface area is 90.1 Å². The minimum Gasteiger partial charge on any atom is -0.259 e. The number of halogens is 1. The lowest BCUT2D eigenvalue weighted by Crippen LogP contribution is -1.98. The molecule has 5 heteroatoms. The van der Waals surface area contributed by atoms with Crippen LogP contribution in [0.15, 0.2) is 24.8 Å². The molecule has 2 heterocycles. The quantitative estimate of drug-likeness (QED) is 0.767. The maximum atomic E-state index is 4.34. The fourth-order valence-corrected chi connectivity index (χ4v) is 1.70. The van der Waals surface area contributed by atoms with Crippen LogP contribution in [0.4, 0.5) is 0 Å². The maximum Gasteiger partial charge on any atom is 0.171 e. The molecule has 0 bridgehead atoms. The number of nitrogens with zero attached hydrogens (tertiary/aromatic N) is 4. The average Bonchev–Trinajstić information content (AvgIpc) is 2.61. The Kier molecular flexibility index (Phi) is 2.58. The third-order valence-electron chi connectivity index (χ3n) is 1.93. The average molecular weight is 253 g/mol. The van der Waals surface area contributed by atoms with Gasteiger partial charge in [0.2, 0.25) is 0 Å². The first-order chi connectivity index (χ1) is 6.81. The molecule has 0 amide bonds. The highest BCUT2D eigenvalue weighted by atomic mass is 79.9. The van der Waals surface area contributed by atoms with Crippen molar-refractivity contribution in [1.82, 2.24) is 19.7 Å². The molecule has 0 unspecified atom stereocenters. The highest BCUT2D eigenvalue weighted by Crippen LogP contribution is 2.12. The van der Waals surface area contributed by atoms with Crippen LogP contribution in [-0.4, -0.2) is 19.7 Å². The van der Waals surface area contributed by atoms with E-state index in [0.29, 0.717) is 0 Å². The summed E-state index contributed by atoms with van der Waals surface area (Å²) in [4.78, 5) is 8.15. The topological polar surface area (TPSA) is 43.6 Å². The van der Waals surface area contributed by atoms with Gasteiger partial charge in [-0.1, -0.05) is 15.9 Å². The second kappa shape index (κ2) is 3.88. The number of hydrogen-bond acceptors (Lipinski definition) is 3. The van der Waals surface area contributed by atoms with Gasteiger partial charge in [0.05, 0.1) is 11.9 Å². The van der Waals surface area contributed by atoms with E-state index in [-0.39, 0.29) is 0 Å². The van der Waals surface area contributed by atoms with Crippen LogP contribution in [-0.2, 0) is 5.33 Å². The highest BCUT2D eigenvalue weighted by molar-refractivity contribution is 9.08. The minimum atomic E-state index is 0.739. The molecule has 0 N–H and O–H groups in total. The second-order valence-corrected chi connectivity index (χ2v) is 3.44. The van der Waals surface area contributed by atoms with Crippen molar-refractivity contribution in [2.75, 3.05) is 0 Å². The zero-order valence-electron chi connectivity index (χ0n) is 7.68. The van der Waals surface area contributed by atoms with Gasteiger partial charge >= 0.3 is 0 Å². The summed E-state index contributed by atoms with van der Waals surface area (Å²) in [7, 11) is 0. The molecule has 0 saturated carbocycles. The van der Waals surface area contributed by atoms with Gasteiger partial charge in [0, 0.05) is 29.5 Å². The number of aromatic nitrogens is 4. The van der Waals surface area contributed by atoms with Crippen molar-refractivity contribution >= 4 is 15.9 Å². The highest BCUT2D eigenvalue weighted by Gasteiger charge is 2.05. The summed E-state index contributed by atoms with van der Waals surface area (Å²) < 4.78 is 1.74. The Hall–Kier alpha value is -1.23. The first-order valence-electron chi connectivity index (χ1n) is 4.19. The van der Waals surface area contributed by atoms with Crippen molar-refractivity contribution < 1.29 is 0 Å². The second-order valence-electron chi connectivity index (χ2n) is 2.88. The van der Waals surface area contributed by atoms with Gasteiger partial charge in [-0.05, 0) is 6.92 Å². The SMILES string of the molecule is Cc1nn(-c2cnccn2)cc1CBr. The third-order valence-corrected chi connectivity index (χ3v) is 2.53. The molecule has 0 spiro atoms. The van der Waals surface area contributed by atoms with Crippen LogP contribution in [0.5, 0.6) is 0 Å². The molecule has 0 aliphatic heterocycles. The molecule has 0 radical (unpaired) electrons. The van der Waals surface area contributed by atoms with E-state index in [1.165, 1.54) is 0 Å². The predicted octanol–water partition coefficient (Wildman–Crippen LogP) is 1.87. The molecular formula is C9H9BrN4. The van der Waals surface area contributed by atoms with E-state index < -0.39 is 0 Å². The normalized spacial score (nSPS) is 10.4. The van der Waals surface area contributed by atoms with E-state index in [9.17, 15) is 0 Å². The summed E-state index contributed by atoms with van der Waals surface area (Å²) in [6.45, 7) is 1.98. The van der Waals surface area contributed by atoms with E-state index in [1.807, 2.05) is 13.1 Å². The van der Waals surface area contributed by atoms with Gasteiger partial charge in [-0.2, -0.15) is 5.10 Å². The molecule has 0 aromatic carbocycles. The molecule has 0 atom stereocenters. The van der Waals surface area contributed by atoms with Crippen molar-refractivity contribution in [2.24, 2.45) is 0 Å². The molecule has 2 aromatic rings. The summed E-state index contributed by atoms with van der Waals surface area (Å²) in [6, 6.07) is 0. The Morgan fingerprint density at radius 3 is 2.86 bits per heavy atom. The van der Waals surface area contributed by atoms with E-state index >= 15 is 0 Å². The lowest BCUT2D eigenvalue weighted by Gasteiger charge is -1.96. The zero-order chi connectivity index (χ0) is 9.97. The first-order valence-corrected chi connectivity index (χ1v) is 5.31.